The van der Waals surface area contributed by atoms with E-state index in [1.54, 1.807) is 23.3 Å². The Balaban J connectivity index is 0.00000288. The molecule has 9 heteroatoms. The number of carboxylic acids is 1. The van der Waals surface area contributed by atoms with Gasteiger partial charge in [0, 0.05) is 24.0 Å². The first-order chi connectivity index (χ1) is 10.9. The van der Waals surface area contributed by atoms with Crippen LogP contribution < -0.4 is 5.32 Å². The summed E-state index contributed by atoms with van der Waals surface area (Å²) >= 11 is 1.60. The van der Waals surface area contributed by atoms with Crippen LogP contribution in [0.2, 0.25) is 0 Å². The average Bonchev–Trinajstić information content (AvgIpc) is 3.07. The molecule has 0 spiro atoms. The molecule has 1 fully saturated rings. The molecule has 0 bridgehead atoms. The summed E-state index contributed by atoms with van der Waals surface area (Å²) < 4.78 is 0. The fourth-order valence-corrected chi connectivity index (χ4v) is 3.57. The smallest absolute Gasteiger partial charge is 0.317 e. The van der Waals surface area contributed by atoms with Crippen molar-refractivity contribution >= 4 is 35.6 Å². The third-order valence-electron chi connectivity index (χ3n) is 4.00. The van der Waals surface area contributed by atoms with Gasteiger partial charge < -0.3 is 15.5 Å². The number of likely N-dealkylation sites (tertiary alicyclic amines) is 1. The van der Waals surface area contributed by atoms with Crippen LogP contribution in [-0.4, -0.2) is 77.3 Å². The van der Waals surface area contributed by atoms with Crippen molar-refractivity contribution in [3.63, 3.8) is 0 Å². The number of hydrogen-bond acceptors (Lipinski definition) is 6. The molecule has 3 N–H and O–H groups in total. The first kappa shape index (κ1) is 20.9. The molecule has 3 atom stereocenters. The molecule has 2 unspecified atom stereocenters. The molecule has 1 aliphatic heterocycles. The summed E-state index contributed by atoms with van der Waals surface area (Å²) in [5, 5.41) is 23.8. The van der Waals surface area contributed by atoms with E-state index in [0.29, 0.717) is 13.1 Å². The number of halogens is 1. The average molecular weight is 378 g/mol. The second-order valence-electron chi connectivity index (χ2n) is 5.94. The molecule has 1 aromatic rings. The van der Waals surface area contributed by atoms with Crippen molar-refractivity contribution in [2.24, 2.45) is 0 Å². The summed E-state index contributed by atoms with van der Waals surface area (Å²) in [5.74, 6) is -1.03. The summed E-state index contributed by atoms with van der Waals surface area (Å²) in [6, 6.07) is 3.61. The lowest BCUT2D eigenvalue weighted by Crippen LogP contribution is -2.43. The normalized spacial score (nSPS) is 22.2. The zero-order valence-corrected chi connectivity index (χ0v) is 15.3. The molecule has 1 aromatic heterocycles. The van der Waals surface area contributed by atoms with Gasteiger partial charge in [0.2, 0.25) is 5.91 Å². The standard InChI is InChI=1S/C15H23N3O4S.ClH/c1-10(13-4-3-5-23-13)16-14(20)8-18-6-11(12(19)7-18)17(2)9-15(21)22;/h3-5,10-12,19H,6-9H2,1-2H3,(H,16,20)(H,21,22);1H/t10?,11?,12-;/m1./s1. The monoisotopic (exact) mass is 377 g/mol. The second kappa shape index (κ2) is 9.33. The number of aliphatic hydroxyl groups is 1. The van der Waals surface area contributed by atoms with Crippen LogP contribution in [0.15, 0.2) is 17.5 Å². The molecule has 2 heterocycles. The molecule has 24 heavy (non-hydrogen) atoms. The minimum absolute atomic E-state index is 0. The fourth-order valence-electron chi connectivity index (χ4n) is 2.84. The van der Waals surface area contributed by atoms with Crippen molar-refractivity contribution in [1.29, 1.82) is 0 Å². The van der Waals surface area contributed by atoms with Gasteiger partial charge in [-0.1, -0.05) is 6.07 Å². The topological polar surface area (TPSA) is 93.1 Å². The van der Waals surface area contributed by atoms with E-state index in [1.807, 2.05) is 29.3 Å². The van der Waals surface area contributed by atoms with Gasteiger partial charge in [-0.25, -0.2) is 0 Å². The fraction of sp³-hybridized carbons (Fsp3) is 0.600. The highest BCUT2D eigenvalue weighted by molar-refractivity contribution is 7.10. The third kappa shape index (κ3) is 5.71. The lowest BCUT2D eigenvalue weighted by molar-refractivity contribution is -0.138. The zero-order chi connectivity index (χ0) is 17.0. The number of hydrogen-bond donors (Lipinski definition) is 3. The van der Waals surface area contributed by atoms with Gasteiger partial charge in [-0.3, -0.25) is 19.4 Å². The van der Waals surface area contributed by atoms with E-state index in [1.165, 1.54) is 0 Å². The summed E-state index contributed by atoms with van der Waals surface area (Å²) in [6.45, 7) is 2.86. The Hall–Kier alpha value is -1.19. The number of aliphatic hydroxyl groups excluding tert-OH is 1. The van der Waals surface area contributed by atoms with E-state index in [0.717, 1.165) is 4.88 Å². The molecule has 0 aliphatic carbocycles. The van der Waals surface area contributed by atoms with E-state index in [9.17, 15) is 14.7 Å². The summed E-state index contributed by atoms with van der Waals surface area (Å²) in [6.07, 6.45) is -0.651. The van der Waals surface area contributed by atoms with Gasteiger partial charge in [0.05, 0.1) is 25.2 Å². The number of carbonyl (C=O) groups is 2. The number of thiophene rings is 1. The maximum absolute atomic E-state index is 12.1. The van der Waals surface area contributed by atoms with Crippen molar-refractivity contribution < 1.29 is 19.8 Å². The SMILES string of the molecule is CC(NC(=O)CN1CC(N(C)CC(=O)O)[C@H](O)C1)c1cccs1.Cl. The predicted molar refractivity (Wildman–Crippen MR) is 94.6 cm³/mol. The molecule has 136 valence electrons. The van der Waals surface area contributed by atoms with Gasteiger partial charge in [-0.15, -0.1) is 23.7 Å². The minimum atomic E-state index is -0.930. The van der Waals surface area contributed by atoms with Crippen LogP contribution in [0.5, 0.6) is 0 Å². The van der Waals surface area contributed by atoms with E-state index < -0.39 is 12.1 Å². The largest absolute Gasteiger partial charge is 0.480 e. The lowest BCUT2D eigenvalue weighted by atomic mass is 10.2. The number of nitrogens with one attached hydrogen (secondary N) is 1. The molecule has 1 aliphatic rings. The number of β-amino-alcohol motifs (C(OH)–C–C–N with tert-alkyl or cyclic N) is 1. The Bertz CT molecular complexity index is 543. The van der Waals surface area contributed by atoms with Gasteiger partial charge in [-0.05, 0) is 25.4 Å². The highest BCUT2D eigenvalue weighted by Gasteiger charge is 2.35. The van der Waals surface area contributed by atoms with Crippen molar-refractivity contribution in [2.45, 2.75) is 25.1 Å². The summed E-state index contributed by atoms with van der Waals surface area (Å²) in [7, 11) is 1.67. The minimum Gasteiger partial charge on any atom is -0.480 e. The van der Waals surface area contributed by atoms with Gasteiger partial charge >= 0.3 is 5.97 Å². The lowest BCUT2D eigenvalue weighted by Gasteiger charge is -2.24. The molecular weight excluding hydrogens is 354 g/mol. The molecular formula is C15H24ClN3O4S. The maximum atomic E-state index is 12.1. The molecule has 2 rings (SSSR count). The molecule has 0 aromatic carbocycles. The zero-order valence-electron chi connectivity index (χ0n) is 13.7. The maximum Gasteiger partial charge on any atom is 0.317 e. The van der Waals surface area contributed by atoms with Crippen LogP contribution in [0.4, 0.5) is 0 Å². The Labute approximate surface area is 151 Å². The number of likely N-dealkylation sites (N-methyl/N-ethyl adjacent to an activating group) is 1. The first-order valence-electron chi connectivity index (χ1n) is 7.52. The first-order valence-corrected chi connectivity index (χ1v) is 8.40. The highest BCUT2D eigenvalue weighted by Crippen LogP contribution is 2.18. The number of carbonyl (C=O) groups excluding carboxylic acids is 1. The van der Waals surface area contributed by atoms with E-state index in [-0.39, 0.29) is 43.5 Å². The van der Waals surface area contributed by atoms with Crippen molar-refractivity contribution in [1.82, 2.24) is 15.1 Å². The summed E-state index contributed by atoms with van der Waals surface area (Å²) in [5.41, 5.74) is 0. The highest BCUT2D eigenvalue weighted by atomic mass is 35.5. The molecule has 7 nitrogen and oxygen atoms in total. The number of nitrogens with zero attached hydrogens (tertiary/aromatic N) is 2. The van der Waals surface area contributed by atoms with Crippen LogP contribution in [0, 0.1) is 0 Å². The van der Waals surface area contributed by atoms with E-state index >= 15 is 0 Å². The van der Waals surface area contributed by atoms with Crippen molar-refractivity contribution in [2.75, 3.05) is 33.2 Å². The van der Waals surface area contributed by atoms with Crippen molar-refractivity contribution in [3.8, 4) is 0 Å². The van der Waals surface area contributed by atoms with Crippen LogP contribution in [0.3, 0.4) is 0 Å². The molecule has 1 amide bonds. The number of amides is 1. The van der Waals surface area contributed by atoms with Crippen LogP contribution >= 0.6 is 23.7 Å². The Kier molecular flexibility index (Phi) is 8.11. The third-order valence-corrected chi connectivity index (χ3v) is 5.06. The van der Waals surface area contributed by atoms with Crippen LogP contribution in [-0.2, 0) is 9.59 Å². The van der Waals surface area contributed by atoms with Gasteiger partial charge in [0.15, 0.2) is 0 Å². The van der Waals surface area contributed by atoms with E-state index in [4.69, 9.17) is 5.11 Å². The van der Waals surface area contributed by atoms with Gasteiger partial charge in [0.1, 0.15) is 0 Å². The predicted octanol–water partition coefficient (Wildman–Crippen LogP) is 0.409. The Morgan fingerprint density at radius 3 is 2.79 bits per heavy atom. The summed E-state index contributed by atoms with van der Waals surface area (Å²) in [4.78, 5) is 27.5. The van der Waals surface area contributed by atoms with Crippen LogP contribution in [0.1, 0.15) is 17.8 Å². The Morgan fingerprint density at radius 1 is 1.50 bits per heavy atom. The van der Waals surface area contributed by atoms with Gasteiger partial charge in [-0.2, -0.15) is 0 Å². The quantitative estimate of drug-likeness (QED) is 0.637. The molecule has 1 saturated heterocycles. The van der Waals surface area contributed by atoms with E-state index in [2.05, 4.69) is 5.32 Å². The molecule has 0 saturated carbocycles. The van der Waals surface area contributed by atoms with Crippen LogP contribution in [0.25, 0.3) is 0 Å². The number of aliphatic carboxylic acids is 1. The van der Waals surface area contributed by atoms with Crippen molar-refractivity contribution in [3.05, 3.63) is 22.4 Å². The van der Waals surface area contributed by atoms with Gasteiger partial charge in [0.25, 0.3) is 0 Å². The second-order valence-corrected chi connectivity index (χ2v) is 6.92. The Morgan fingerprint density at radius 2 is 2.21 bits per heavy atom. The number of rotatable bonds is 7. The molecule has 0 radical (unpaired) electrons. The number of carboxylic acid groups (broad SMARTS) is 1.